The van der Waals surface area contributed by atoms with Gasteiger partial charge in [0, 0.05) is 29.7 Å². The van der Waals surface area contributed by atoms with Crippen LogP contribution in [0.2, 0.25) is 0 Å². The molecule has 3 rings (SSSR count). The number of hydrogen-bond acceptors (Lipinski definition) is 3. The third-order valence-corrected chi connectivity index (χ3v) is 4.88. The summed E-state index contributed by atoms with van der Waals surface area (Å²) < 4.78 is 18.6. The molecule has 1 fully saturated rings. The van der Waals surface area contributed by atoms with Crippen molar-refractivity contribution in [3.63, 3.8) is 0 Å². The molecular formula is C19H23FN2O3. The zero-order chi connectivity index (χ0) is 18.0. The van der Waals surface area contributed by atoms with E-state index in [0.717, 1.165) is 22.2 Å². The minimum atomic E-state index is -0.310. The number of carbonyl (C=O) groups excluding carboxylic acids is 2. The lowest BCUT2D eigenvalue weighted by molar-refractivity contribution is -0.151. The minimum absolute atomic E-state index is 0.00979. The molecule has 0 aliphatic carbocycles. The number of fused-ring (bicyclic) bond motifs is 1. The first-order valence-electron chi connectivity index (χ1n) is 8.70. The second-order valence-electron chi connectivity index (χ2n) is 6.50. The van der Waals surface area contributed by atoms with E-state index >= 15 is 0 Å². The van der Waals surface area contributed by atoms with Gasteiger partial charge in [-0.05, 0) is 50.5 Å². The average molecular weight is 346 g/mol. The zero-order valence-corrected chi connectivity index (χ0v) is 14.6. The van der Waals surface area contributed by atoms with E-state index in [1.54, 1.807) is 17.9 Å². The van der Waals surface area contributed by atoms with Crippen molar-refractivity contribution in [1.29, 1.82) is 0 Å². The first-order chi connectivity index (χ1) is 12.0. The molecule has 0 spiro atoms. The number of amides is 1. The largest absolute Gasteiger partial charge is 0.466 e. The molecule has 1 saturated heterocycles. The molecule has 0 radical (unpaired) electrons. The number of carbonyl (C=O) groups is 2. The number of aryl methyl sites for hydroxylation is 1. The smallest absolute Gasteiger partial charge is 0.309 e. The number of hydrogen-bond donors (Lipinski definition) is 1. The summed E-state index contributed by atoms with van der Waals surface area (Å²) in [6, 6.07) is 4.56. The van der Waals surface area contributed by atoms with Gasteiger partial charge in [-0.1, -0.05) is 0 Å². The predicted octanol–water partition coefficient (Wildman–Crippen LogP) is 2.96. The average Bonchev–Trinajstić information content (AvgIpc) is 2.90. The van der Waals surface area contributed by atoms with Crippen molar-refractivity contribution in [2.75, 3.05) is 19.7 Å². The third-order valence-electron chi connectivity index (χ3n) is 4.88. The number of aromatic nitrogens is 1. The van der Waals surface area contributed by atoms with Crippen LogP contribution in [-0.2, 0) is 20.7 Å². The maximum Gasteiger partial charge on any atom is 0.309 e. The second kappa shape index (κ2) is 7.25. The van der Waals surface area contributed by atoms with E-state index in [4.69, 9.17) is 4.74 Å². The number of halogens is 1. The number of rotatable bonds is 4. The lowest BCUT2D eigenvalue weighted by Crippen LogP contribution is -2.41. The monoisotopic (exact) mass is 346 g/mol. The summed E-state index contributed by atoms with van der Waals surface area (Å²) in [7, 11) is 0. The number of nitrogens with one attached hydrogen (secondary N) is 1. The Morgan fingerprint density at radius 1 is 1.32 bits per heavy atom. The number of H-pyrrole nitrogens is 1. The summed E-state index contributed by atoms with van der Waals surface area (Å²) in [6.45, 7) is 5.18. The van der Waals surface area contributed by atoms with E-state index in [1.807, 2.05) is 6.92 Å². The van der Waals surface area contributed by atoms with Gasteiger partial charge in [-0.25, -0.2) is 4.39 Å². The van der Waals surface area contributed by atoms with Crippen molar-refractivity contribution in [2.24, 2.45) is 5.92 Å². The van der Waals surface area contributed by atoms with Gasteiger partial charge in [-0.3, -0.25) is 9.59 Å². The lowest BCUT2D eigenvalue weighted by atomic mass is 9.96. The third kappa shape index (κ3) is 3.67. The minimum Gasteiger partial charge on any atom is -0.466 e. The van der Waals surface area contributed by atoms with Crippen molar-refractivity contribution >= 4 is 22.8 Å². The number of benzene rings is 1. The van der Waals surface area contributed by atoms with Crippen LogP contribution in [0.3, 0.4) is 0 Å². The van der Waals surface area contributed by atoms with E-state index in [2.05, 4.69) is 4.98 Å². The van der Waals surface area contributed by atoms with Crippen molar-refractivity contribution in [3.05, 3.63) is 35.3 Å². The van der Waals surface area contributed by atoms with Crippen molar-refractivity contribution in [2.45, 2.75) is 33.1 Å². The molecule has 25 heavy (non-hydrogen) atoms. The standard InChI is InChI=1S/C19H23FN2O3/c1-3-25-19(24)13-6-8-22(9-7-13)18(23)11-15-12(2)21-17-5-4-14(20)10-16(15)17/h4-5,10,13,21H,3,6-9,11H2,1-2H3. The number of ether oxygens (including phenoxy) is 1. The maximum absolute atomic E-state index is 13.5. The molecule has 1 amide bonds. The van der Waals surface area contributed by atoms with Crippen molar-refractivity contribution < 1.29 is 18.7 Å². The summed E-state index contributed by atoms with van der Waals surface area (Å²) >= 11 is 0. The summed E-state index contributed by atoms with van der Waals surface area (Å²) in [5.41, 5.74) is 2.56. The molecule has 1 aromatic heterocycles. The molecular weight excluding hydrogens is 323 g/mol. The molecule has 1 aromatic carbocycles. The van der Waals surface area contributed by atoms with Gasteiger partial charge in [-0.15, -0.1) is 0 Å². The molecule has 0 saturated carbocycles. The van der Waals surface area contributed by atoms with Gasteiger partial charge in [0.05, 0.1) is 18.9 Å². The Morgan fingerprint density at radius 3 is 2.72 bits per heavy atom. The molecule has 0 atom stereocenters. The fourth-order valence-electron chi connectivity index (χ4n) is 3.47. The van der Waals surface area contributed by atoms with Gasteiger partial charge in [0.15, 0.2) is 0 Å². The number of esters is 1. The predicted molar refractivity (Wildman–Crippen MR) is 92.6 cm³/mol. The van der Waals surface area contributed by atoms with E-state index in [-0.39, 0.29) is 30.0 Å². The zero-order valence-electron chi connectivity index (χ0n) is 14.6. The van der Waals surface area contributed by atoms with Crippen molar-refractivity contribution in [1.82, 2.24) is 9.88 Å². The fraction of sp³-hybridized carbons (Fsp3) is 0.474. The van der Waals surface area contributed by atoms with E-state index in [9.17, 15) is 14.0 Å². The van der Waals surface area contributed by atoms with Gasteiger partial charge in [0.1, 0.15) is 5.82 Å². The quantitative estimate of drug-likeness (QED) is 0.866. The normalized spacial score (nSPS) is 15.6. The van der Waals surface area contributed by atoms with Crippen molar-refractivity contribution in [3.8, 4) is 0 Å². The summed E-state index contributed by atoms with van der Waals surface area (Å²) in [6.07, 6.45) is 1.50. The van der Waals surface area contributed by atoms with Crippen LogP contribution in [-0.4, -0.2) is 41.5 Å². The van der Waals surface area contributed by atoms with Gasteiger partial charge >= 0.3 is 5.97 Å². The molecule has 2 aromatic rings. The molecule has 1 N–H and O–H groups in total. The molecule has 1 aliphatic heterocycles. The van der Waals surface area contributed by atoms with Crippen LogP contribution in [0.4, 0.5) is 4.39 Å². The summed E-state index contributed by atoms with van der Waals surface area (Å²) in [4.78, 5) is 29.4. The number of likely N-dealkylation sites (tertiary alicyclic amines) is 1. The summed E-state index contributed by atoms with van der Waals surface area (Å²) in [5.74, 6) is -0.587. The van der Waals surface area contributed by atoms with Crippen LogP contribution < -0.4 is 0 Å². The van der Waals surface area contributed by atoms with E-state index in [1.165, 1.54) is 12.1 Å². The molecule has 134 valence electrons. The van der Waals surface area contributed by atoms with Gasteiger partial charge in [-0.2, -0.15) is 0 Å². The van der Waals surface area contributed by atoms with E-state index < -0.39 is 0 Å². The number of aromatic amines is 1. The van der Waals surface area contributed by atoms with Crippen LogP contribution in [0.15, 0.2) is 18.2 Å². The van der Waals surface area contributed by atoms with Crippen LogP contribution in [0, 0.1) is 18.7 Å². The lowest BCUT2D eigenvalue weighted by Gasteiger charge is -2.31. The molecule has 1 aliphatic rings. The van der Waals surface area contributed by atoms with Gasteiger partial charge in [0.25, 0.3) is 0 Å². The Morgan fingerprint density at radius 2 is 2.04 bits per heavy atom. The van der Waals surface area contributed by atoms with Crippen LogP contribution in [0.1, 0.15) is 31.0 Å². The first-order valence-corrected chi connectivity index (χ1v) is 8.70. The Labute approximate surface area is 146 Å². The van der Waals surface area contributed by atoms with Crippen LogP contribution in [0.25, 0.3) is 10.9 Å². The second-order valence-corrected chi connectivity index (χ2v) is 6.50. The van der Waals surface area contributed by atoms with Gasteiger partial charge in [0.2, 0.25) is 5.91 Å². The first kappa shape index (κ1) is 17.5. The Balaban J connectivity index is 1.67. The highest BCUT2D eigenvalue weighted by molar-refractivity contribution is 5.90. The molecule has 0 bridgehead atoms. The van der Waals surface area contributed by atoms with Gasteiger partial charge < -0.3 is 14.6 Å². The van der Waals surface area contributed by atoms with E-state index in [0.29, 0.717) is 32.5 Å². The Bertz CT molecular complexity index is 791. The highest BCUT2D eigenvalue weighted by atomic mass is 19.1. The fourth-order valence-corrected chi connectivity index (χ4v) is 3.47. The Kier molecular flexibility index (Phi) is 5.06. The number of piperidine rings is 1. The highest BCUT2D eigenvalue weighted by Crippen LogP contribution is 2.25. The molecule has 6 heteroatoms. The Hall–Kier alpha value is -2.37. The molecule has 0 unspecified atom stereocenters. The summed E-state index contributed by atoms with van der Waals surface area (Å²) in [5, 5.41) is 0.757. The maximum atomic E-state index is 13.5. The highest BCUT2D eigenvalue weighted by Gasteiger charge is 2.28. The molecule has 2 heterocycles. The van der Waals surface area contributed by atoms with Crippen LogP contribution in [0.5, 0.6) is 0 Å². The molecule has 5 nitrogen and oxygen atoms in total. The number of nitrogens with zero attached hydrogens (tertiary/aromatic N) is 1. The van der Waals surface area contributed by atoms with Crippen LogP contribution >= 0.6 is 0 Å². The SMILES string of the molecule is CCOC(=O)C1CCN(C(=O)Cc2c(C)[nH]c3ccc(F)cc23)CC1. The topological polar surface area (TPSA) is 62.4 Å².